The van der Waals surface area contributed by atoms with Crippen LogP contribution in [0.4, 0.5) is 0 Å². The fraction of sp³-hybridized carbons (Fsp3) is 0.125. The minimum absolute atomic E-state index is 1.06. The van der Waals surface area contributed by atoms with Crippen LogP contribution in [0.15, 0.2) is 29.1 Å². The molecule has 2 nitrogen and oxygen atoms in total. The lowest BCUT2D eigenvalue weighted by Crippen LogP contribution is -1.59. The third-order valence-electron chi connectivity index (χ3n) is 1.46. The zero-order valence-electron chi connectivity index (χ0n) is 6.07. The van der Waals surface area contributed by atoms with Crippen LogP contribution in [0.2, 0.25) is 0 Å². The van der Waals surface area contributed by atoms with E-state index in [2.05, 4.69) is 24.2 Å². The molecule has 0 saturated heterocycles. The average Bonchev–Trinajstić information content (AvgIpc) is 2.55. The fourth-order valence-electron chi connectivity index (χ4n) is 0.916. The molecular formula is C8H7NOS. The summed E-state index contributed by atoms with van der Waals surface area (Å²) in [6.45, 7) is 2.08. The molecule has 0 bridgehead atoms. The SMILES string of the molecule is Cc1ccc(-c2cnoc2)s1. The number of aryl methyl sites for hydroxylation is 1. The zero-order valence-corrected chi connectivity index (χ0v) is 6.89. The van der Waals surface area contributed by atoms with Gasteiger partial charge in [0.2, 0.25) is 0 Å². The van der Waals surface area contributed by atoms with E-state index in [1.165, 1.54) is 9.75 Å². The first-order valence-corrected chi connectivity index (χ1v) is 4.14. The van der Waals surface area contributed by atoms with Gasteiger partial charge in [-0.1, -0.05) is 5.16 Å². The molecule has 0 aliphatic rings. The highest BCUT2D eigenvalue weighted by molar-refractivity contribution is 7.15. The summed E-state index contributed by atoms with van der Waals surface area (Å²) in [4.78, 5) is 2.52. The van der Waals surface area contributed by atoms with Crippen molar-refractivity contribution in [2.24, 2.45) is 0 Å². The van der Waals surface area contributed by atoms with E-state index in [1.807, 2.05) is 0 Å². The van der Waals surface area contributed by atoms with Crippen LogP contribution >= 0.6 is 11.3 Å². The van der Waals surface area contributed by atoms with Crippen molar-refractivity contribution in [2.45, 2.75) is 6.92 Å². The predicted octanol–water partition coefficient (Wildman–Crippen LogP) is 2.71. The second-order valence-corrected chi connectivity index (χ2v) is 3.61. The van der Waals surface area contributed by atoms with Crippen molar-refractivity contribution in [3.63, 3.8) is 0 Å². The molecule has 3 heteroatoms. The van der Waals surface area contributed by atoms with E-state index in [0.717, 1.165) is 5.56 Å². The minimum Gasteiger partial charge on any atom is -0.364 e. The van der Waals surface area contributed by atoms with E-state index in [4.69, 9.17) is 4.52 Å². The molecule has 2 aromatic rings. The molecule has 0 atom stereocenters. The Labute approximate surface area is 68.5 Å². The molecule has 11 heavy (non-hydrogen) atoms. The van der Waals surface area contributed by atoms with E-state index in [9.17, 15) is 0 Å². The monoisotopic (exact) mass is 165 g/mol. The van der Waals surface area contributed by atoms with E-state index < -0.39 is 0 Å². The van der Waals surface area contributed by atoms with Gasteiger partial charge < -0.3 is 4.52 Å². The second kappa shape index (κ2) is 2.51. The largest absolute Gasteiger partial charge is 0.364 e. The Hall–Kier alpha value is -1.09. The van der Waals surface area contributed by atoms with Gasteiger partial charge in [0.05, 0.1) is 11.8 Å². The van der Waals surface area contributed by atoms with E-state index in [0.29, 0.717) is 0 Å². The highest BCUT2D eigenvalue weighted by Gasteiger charge is 2.01. The number of rotatable bonds is 1. The Morgan fingerprint density at radius 1 is 1.45 bits per heavy atom. The Kier molecular flexibility index (Phi) is 1.51. The van der Waals surface area contributed by atoms with Gasteiger partial charge in [0, 0.05) is 9.75 Å². The van der Waals surface area contributed by atoms with Crippen LogP contribution in [0.3, 0.4) is 0 Å². The number of aromatic nitrogens is 1. The van der Waals surface area contributed by atoms with Crippen LogP contribution in [0.5, 0.6) is 0 Å². The minimum atomic E-state index is 1.06. The number of hydrogen-bond acceptors (Lipinski definition) is 3. The van der Waals surface area contributed by atoms with Crippen molar-refractivity contribution in [3.8, 4) is 10.4 Å². The number of hydrogen-bond donors (Lipinski definition) is 0. The van der Waals surface area contributed by atoms with E-state index >= 15 is 0 Å². The first-order chi connectivity index (χ1) is 5.36. The highest BCUT2D eigenvalue weighted by Crippen LogP contribution is 2.26. The molecule has 0 fully saturated rings. The lowest BCUT2D eigenvalue weighted by molar-refractivity contribution is 0.420. The smallest absolute Gasteiger partial charge is 0.132 e. The molecule has 2 aromatic heterocycles. The van der Waals surface area contributed by atoms with Crippen molar-refractivity contribution in [1.29, 1.82) is 0 Å². The average molecular weight is 165 g/mol. The maximum Gasteiger partial charge on any atom is 0.132 e. The van der Waals surface area contributed by atoms with Crippen LogP contribution in [0, 0.1) is 6.92 Å². The summed E-state index contributed by atoms with van der Waals surface area (Å²) in [5.41, 5.74) is 1.06. The lowest BCUT2D eigenvalue weighted by atomic mass is 10.3. The molecule has 2 rings (SSSR count). The third kappa shape index (κ3) is 1.19. The summed E-state index contributed by atoms with van der Waals surface area (Å²) < 4.78 is 4.73. The standard InChI is InChI=1S/C8H7NOS/c1-6-2-3-8(11-6)7-4-9-10-5-7/h2-5H,1H3. The van der Waals surface area contributed by atoms with Gasteiger partial charge in [0.15, 0.2) is 0 Å². The van der Waals surface area contributed by atoms with Gasteiger partial charge >= 0.3 is 0 Å². The maximum atomic E-state index is 4.73. The summed E-state index contributed by atoms with van der Waals surface area (Å²) in [6, 6.07) is 4.17. The fourth-order valence-corrected chi connectivity index (χ4v) is 1.75. The molecule has 0 aliphatic carbocycles. The Bertz CT molecular complexity index is 337. The van der Waals surface area contributed by atoms with Crippen molar-refractivity contribution in [3.05, 3.63) is 29.5 Å². The first-order valence-electron chi connectivity index (χ1n) is 3.32. The molecule has 0 aromatic carbocycles. The summed E-state index contributed by atoms with van der Waals surface area (Å²) in [7, 11) is 0. The van der Waals surface area contributed by atoms with Crippen LogP contribution in [0.1, 0.15) is 4.88 Å². The maximum absolute atomic E-state index is 4.73. The van der Waals surface area contributed by atoms with Crippen LogP contribution in [-0.2, 0) is 0 Å². The third-order valence-corrected chi connectivity index (χ3v) is 2.51. The van der Waals surface area contributed by atoms with Gasteiger partial charge in [-0.15, -0.1) is 11.3 Å². The van der Waals surface area contributed by atoms with Crippen LogP contribution in [0.25, 0.3) is 10.4 Å². The molecule has 0 N–H and O–H groups in total. The summed E-state index contributed by atoms with van der Waals surface area (Å²) >= 11 is 1.75. The molecule has 0 aliphatic heterocycles. The van der Waals surface area contributed by atoms with Gasteiger partial charge in [0.1, 0.15) is 6.26 Å². The first kappa shape index (κ1) is 6.61. The van der Waals surface area contributed by atoms with Crippen molar-refractivity contribution < 1.29 is 4.52 Å². The van der Waals surface area contributed by atoms with Gasteiger partial charge in [-0.2, -0.15) is 0 Å². The molecule has 0 spiro atoms. The summed E-state index contributed by atoms with van der Waals surface area (Å²) in [5.74, 6) is 0. The summed E-state index contributed by atoms with van der Waals surface area (Å²) in [5, 5.41) is 3.64. The molecule has 0 amide bonds. The van der Waals surface area contributed by atoms with E-state index in [-0.39, 0.29) is 0 Å². The topological polar surface area (TPSA) is 26.0 Å². The number of thiophene rings is 1. The van der Waals surface area contributed by atoms with Gasteiger partial charge in [0.25, 0.3) is 0 Å². The lowest BCUT2D eigenvalue weighted by Gasteiger charge is -1.83. The molecule has 0 radical (unpaired) electrons. The Morgan fingerprint density at radius 2 is 2.36 bits per heavy atom. The van der Waals surface area contributed by atoms with Gasteiger partial charge in [-0.05, 0) is 19.1 Å². The Balaban J connectivity index is 2.45. The zero-order chi connectivity index (χ0) is 7.68. The predicted molar refractivity (Wildman–Crippen MR) is 44.6 cm³/mol. The normalized spacial score (nSPS) is 10.3. The van der Waals surface area contributed by atoms with Crippen molar-refractivity contribution in [2.75, 3.05) is 0 Å². The Morgan fingerprint density at radius 3 is 2.91 bits per heavy atom. The molecule has 0 saturated carbocycles. The molecular weight excluding hydrogens is 158 g/mol. The molecule has 0 unspecified atom stereocenters. The summed E-state index contributed by atoms with van der Waals surface area (Å²) in [6.07, 6.45) is 3.39. The van der Waals surface area contributed by atoms with Gasteiger partial charge in [-0.3, -0.25) is 0 Å². The van der Waals surface area contributed by atoms with Crippen molar-refractivity contribution >= 4 is 11.3 Å². The van der Waals surface area contributed by atoms with Gasteiger partial charge in [-0.25, -0.2) is 0 Å². The van der Waals surface area contributed by atoms with Crippen LogP contribution in [-0.4, -0.2) is 5.16 Å². The highest BCUT2D eigenvalue weighted by atomic mass is 32.1. The molecule has 56 valence electrons. The molecule has 2 heterocycles. The van der Waals surface area contributed by atoms with Crippen LogP contribution < -0.4 is 0 Å². The van der Waals surface area contributed by atoms with E-state index in [1.54, 1.807) is 23.8 Å². The second-order valence-electron chi connectivity index (χ2n) is 2.32. The van der Waals surface area contributed by atoms with Crippen molar-refractivity contribution in [1.82, 2.24) is 5.16 Å². The quantitative estimate of drug-likeness (QED) is 0.649. The number of nitrogens with zero attached hydrogens (tertiary/aromatic N) is 1.